The number of nitrogens with two attached hydrogens (primary N) is 1. The van der Waals surface area contributed by atoms with Gasteiger partial charge in [0.15, 0.2) is 0 Å². The van der Waals surface area contributed by atoms with Gasteiger partial charge in [-0.1, -0.05) is 6.92 Å². The van der Waals surface area contributed by atoms with Crippen LogP contribution in [0.1, 0.15) is 50.7 Å². The van der Waals surface area contributed by atoms with Gasteiger partial charge in [0, 0.05) is 10.9 Å². The Morgan fingerprint density at radius 1 is 1.50 bits per heavy atom. The lowest BCUT2D eigenvalue weighted by Gasteiger charge is -2.32. The number of hydrogen-bond acceptors (Lipinski definition) is 3. The van der Waals surface area contributed by atoms with Crippen LogP contribution in [0.3, 0.4) is 0 Å². The van der Waals surface area contributed by atoms with Crippen molar-refractivity contribution >= 4 is 11.3 Å². The second kappa shape index (κ2) is 5.30. The standard InChI is InChI=1S/C13H23NOS/c1-6-13(4,5)15-11(10(3)14)12-9(2)7-8-16-12/h7-8,10-11H,6,14H2,1-5H3. The maximum atomic E-state index is 6.16. The number of rotatable bonds is 5. The summed E-state index contributed by atoms with van der Waals surface area (Å²) in [5.74, 6) is 0. The molecule has 0 saturated carbocycles. The van der Waals surface area contributed by atoms with E-state index in [2.05, 4.69) is 39.1 Å². The fraction of sp³-hybridized carbons (Fsp3) is 0.692. The molecule has 0 aliphatic rings. The summed E-state index contributed by atoms with van der Waals surface area (Å²) >= 11 is 1.73. The summed E-state index contributed by atoms with van der Waals surface area (Å²) in [6, 6.07) is 2.14. The molecule has 0 amide bonds. The molecule has 2 unspecified atom stereocenters. The molecule has 0 aromatic carbocycles. The third-order valence-corrected chi connectivity index (χ3v) is 4.02. The quantitative estimate of drug-likeness (QED) is 0.854. The van der Waals surface area contributed by atoms with Gasteiger partial charge in [-0.25, -0.2) is 0 Å². The molecule has 2 N–H and O–H groups in total. The van der Waals surface area contributed by atoms with Crippen LogP contribution >= 0.6 is 11.3 Å². The predicted molar refractivity (Wildman–Crippen MR) is 70.9 cm³/mol. The van der Waals surface area contributed by atoms with Gasteiger partial charge in [0.2, 0.25) is 0 Å². The summed E-state index contributed by atoms with van der Waals surface area (Å²) in [5, 5.41) is 2.10. The van der Waals surface area contributed by atoms with Crippen LogP contribution in [0.15, 0.2) is 11.4 Å². The van der Waals surface area contributed by atoms with E-state index in [0.29, 0.717) is 0 Å². The number of aryl methyl sites for hydroxylation is 1. The molecular weight excluding hydrogens is 218 g/mol. The normalized spacial score (nSPS) is 16.1. The summed E-state index contributed by atoms with van der Waals surface area (Å²) in [6.07, 6.45) is 0.996. The maximum absolute atomic E-state index is 6.16. The van der Waals surface area contributed by atoms with Crippen molar-refractivity contribution < 1.29 is 4.74 Å². The van der Waals surface area contributed by atoms with Crippen LogP contribution in [0.4, 0.5) is 0 Å². The van der Waals surface area contributed by atoms with E-state index >= 15 is 0 Å². The largest absolute Gasteiger partial charge is 0.365 e. The van der Waals surface area contributed by atoms with E-state index in [4.69, 9.17) is 10.5 Å². The van der Waals surface area contributed by atoms with Crippen LogP contribution in [0.2, 0.25) is 0 Å². The molecule has 0 saturated heterocycles. The minimum Gasteiger partial charge on any atom is -0.365 e. The Morgan fingerprint density at radius 2 is 2.12 bits per heavy atom. The highest BCUT2D eigenvalue weighted by atomic mass is 32.1. The monoisotopic (exact) mass is 241 g/mol. The van der Waals surface area contributed by atoms with E-state index in [1.54, 1.807) is 11.3 Å². The van der Waals surface area contributed by atoms with Crippen LogP contribution in [-0.4, -0.2) is 11.6 Å². The maximum Gasteiger partial charge on any atom is 0.107 e. The number of ether oxygens (including phenoxy) is 1. The Kier molecular flexibility index (Phi) is 4.53. The Hall–Kier alpha value is -0.380. The summed E-state index contributed by atoms with van der Waals surface area (Å²) in [6.45, 7) is 10.5. The zero-order chi connectivity index (χ0) is 12.3. The molecule has 1 heterocycles. The highest BCUT2D eigenvalue weighted by molar-refractivity contribution is 7.10. The van der Waals surface area contributed by atoms with Gasteiger partial charge in [-0.15, -0.1) is 11.3 Å². The van der Waals surface area contributed by atoms with Gasteiger partial charge in [0.05, 0.1) is 5.60 Å². The first-order valence-corrected chi connectivity index (χ1v) is 6.72. The molecule has 0 radical (unpaired) electrons. The van der Waals surface area contributed by atoms with Crippen molar-refractivity contribution in [1.29, 1.82) is 0 Å². The fourth-order valence-electron chi connectivity index (χ4n) is 1.50. The molecule has 2 atom stereocenters. The van der Waals surface area contributed by atoms with Crippen molar-refractivity contribution in [3.05, 3.63) is 21.9 Å². The van der Waals surface area contributed by atoms with Gasteiger partial charge in [0.1, 0.15) is 6.10 Å². The van der Waals surface area contributed by atoms with Gasteiger partial charge in [-0.2, -0.15) is 0 Å². The fourth-order valence-corrected chi connectivity index (χ4v) is 2.57. The molecule has 92 valence electrons. The van der Waals surface area contributed by atoms with Crippen molar-refractivity contribution in [2.75, 3.05) is 0 Å². The Balaban J connectivity index is 2.89. The van der Waals surface area contributed by atoms with E-state index in [0.717, 1.165) is 6.42 Å². The second-order valence-electron chi connectivity index (χ2n) is 4.98. The Morgan fingerprint density at radius 3 is 2.50 bits per heavy atom. The first-order chi connectivity index (χ1) is 7.37. The minimum absolute atomic E-state index is 0.00921. The molecule has 0 fully saturated rings. The molecule has 1 aromatic heterocycles. The third-order valence-electron chi connectivity index (χ3n) is 2.94. The smallest absolute Gasteiger partial charge is 0.107 e. The van der Waals surface area contributed by atoms with Crippen molar-refractivity contribution in [1.82, 2.24) is 0 Å². The van der Waals surface area contributed by atoms with Crippen LogP contribution < -0.4 is 5.73 Å². The lowest BCUT2D eigenvalue weighted by molar-refractivity contribution is -0.0820. The lowest BCUT2D eigenvalue weighted by Crippen LogP contribution is -2.34. The van der Waals surface area contributed by atoms with E-state index in [1.807, 2.05) is 6.92 Å². The zero-order valence-corrected chi connectivity index (χ0v) is 11.7. The summed E-state index contributed by atoms with van der Waals surface area (Å²) in [4.78, 5) is 1.26. The van der Waals surface area contributed by atoms with Crippen LogP contribution in [0.5, 0.6) is 0 Å². The average Bonchev–Trinajstić information content (AvgIpc) is 2.61. The van der Waals surface area contributed by atoms with Gasteiger partial charge >= 0.3 is 0 Å². The Bertz CT molecular complexity index is 330. The molecule has 3 heteroatoms. The van der Waals surface area contributed by atoms with Crippen LogP contribution in [-0.2, 0) is 4.74 Å². The minimum atomic E-state index is -0.116. The molecule has 2 nitrogen and oxygen atoms in total. The first-order valence-electron chi connectivity index (χ1n) is 5.85. The van der Waals surface area contributed by atoms with Gasteiger partial charge in [-0.05, 0) is 51.1 Å². The lowest BCUT2D eigenvalue weighted by atomic mass is 10.0. The zero-order valence-electron chi connectivity index (χ0n) is 10.9. The topological polar surface area (TPSA) is 35.2 Å². The molecular formula is C13H23NOS. The highest BCUT2D eigenvalue weighted by Gasteiger charge is 2.27. The average molecular weight is 241 g/mol. The molecule has 1 aromatic rings. The second-order valence-corrected chi connectivity index (χ2v) is 5.93. The van der Waals surface area contributed by atoms with Gasteiger partial charge in [0.25, 0.3) is 0 Å². The molecule has 0 spiro atoms. The summed E-state index contributed by atoms with van der Waals surface area (Å²) in [7, 11) is 0. The SMILES string of the molecule is CCC(C)(C)OC(c1sccc1C)C(C)N. The highest BCUT2D eigenvalue weighted by Crippen LogP contribution is 2.33. The summed E-state index contributed by atoms with van der Waals surface area (Å²) in [5.41, 5.74) is 7.20. The summed E-state index contributed by atoms with van der Waals surface area (Å²) < 4.78 is 6.16. The molecule has 0 aliphatic carbocycles. The third kappa shape index (κ3) is 3.30. The van der Waals surface area contributed by atoms with E-state index in [1.165, 1.54) is 10.4 Å². The van der Waals surface area contributed by atoms with E-state index < -0.39 is 0 Å². The molecule has 0 aliphatic heterocycles. The van der Waals surface area contributed by atoms with Crippen molar-refractivity contribution in [3.63, 3.8) is 0 Å². The van der Waals surface area contributed by atoms with E-state index in [-0.39, 0.29) is 17.7 Å². The Labute approximate surface area is 103 Å². The van der Waals surface area contributed by atoms with Crippen molar-refractivity contribution in [2.45, 2.75) is 58.8 Å². The number of thiophene rings is 1. The van der Waals surface area contributed by atoms with Crippen molar-refractivity contribution in [2.24, 2.45) is 5.73 Å². The van der Waals surface area contributed by atoms with Crippen molar-refractivity contribution in [3.8, 4) is 0 Å². The van der Waals surface area contributed by atoms with Gasteiger partial charge < -0.3 is 10.5 Å². The predicted octanol–water partition coefficient (Wildman–Crippen LogP) is 3.65. The van der Waals surface area contributed by atoms with Crippen LogP contribution in [0, 0.1) is 6.92 Å². The molecule has 16 heavy (non-hydrogen) atoms. The van der Waals surface area contributed by atoms with E-state index in [9.17, 15) is 0 Å². The molecule has 1 rings (SSSR count). The van der Waals surface area contributed by atoms with Crippen LogP contribution in [0.25, 0.3) is 0 Å². The van der Waals surface area contributed by atoms with Gasteiger partial charge in [-0.3, -0.25) is 0 Å². The molecule has 0 bridgehead atoms. The number of hydrogen-bond donors (Lipinski definition) is 1. The first kappa shape index (κ1) is 13.7.